The molecule has 0 fully saturated rings. The van der Waals surface area contributed by atoms with Gasteiger partial charge in [0.2, 0.25) is 21.8 Å². The number of aryl methyl sites for hydroxylation is 2. The fraction of sp³-hybridized carbons (Fsp3) is 0.481. The lowest BCUT2D eigenvalue weighted by Crippen LogP contribution is -2.49. The maximum atomic E-state index is 13.5. The van der Waals surface area contributed by atoms with Crippen molar-refractivity contribution in [3.8, 4) is 0 Å². The van der Waals surface area contributed by atoms with Crippen LogP contribution in [0.1, 0.15) is 56.2 Å². The number of nitrogens with zero attached hydrogens (tertiary/aromatic N) is 2. The fourth-order valence-electron chi connectivity index (χ4n) is 4.11. The second-order valence-corrected chi connectivity index (χ2v) is 11.9. The summed E-state index contributed by atoms with van der Waals surface area (Å²) in [7, 11) is -3.57. The summed E-state index contributed by atoms with van der Waals surface area (Å²) < 4.78 is 26.6. The second kappa shape index (κ2) is 14.0. The van der Waals surface area contributed by atoms with Crippen molar-refractivity contribution in [1.82, 2.24) is 10.2 Å². The first kappa shape index (κ1) is 30.9. The smallest absolute Gasteiger partial charge is 0.242 e. The number of hydrogen-bond acceptors (Lipinski definition) is 4. The van der Waals surface area contributed by atoms with Gasteiger partial charge in [0, 0.05) is 41.7 Å². The third kappa shape index (κ3) is 8.62. The highest BCUT2D eigenvalue weighted by atomic mass is 35.5. The van der Waals surface area contributed by atoms with Crippen molar-refractivity contribution < 1.29 is 18.0 Å². The zero-order valence-corrected chi connectivity index (χ0v) is 24.5. The lowest BCUT2D eigenvalue weighted by molar-refractivity contribution is -0.141. The number of halogens is 2. The number of hydrogen-bond donors (Lipinski definition) is 1. The van der Waals surface area contributed by atoms with E-state index in [4.69, 9.17) is 23.2 Å². The molecule has 0 aliphatic carbocycles. The molecule has 0 saturated carbocycles. The molecular weight excluding hydrogens is 533 g/mol. The van der Waals surface area contributed by atoms with Gasteiger partial charge in [-0.05, 0) is 62.4 Å². The summed E-state index contributed by atoms with van der Waals surface area (Å²) in [6.45, 7) is 8.26. The van der Waals surface area contributed by atoms with Gasteiger partial charge >= 0.3 is 0 Å². The number of nitrogens with one attached hydrogen (secondary N) is 1. The average Bonchev–Trinajstić information content (AvgIpc) is 2.83. The molecule has 1 N–H and O–H groups in total. The van der Waals surface area contributed by atoms with Crippen LogP contribution < -0.4 is 9.62 Å². The van der Waals surface area contributed by atoms with Gasteiger partial charge in [0.15, 0.2) is 0 Å². The van der Waals surface area contributed by atoms with Crippen LogP contribution in [0.15, 0.2) is 36.4 Å². The monoisotopic (exact) mass is 569 g/mol. The maximum Gasteiger partial charge on any atom is 0.242 e. The molecule has 2 aromatic rings. The Hall–Kier alpha value is -2.29. The molecule has 37 heavy (non-hydrogen) atoms. The third-order valence-corrected chi connectivity index (χ3v) is 8.00. The van der Waals surface area contributed by atoms with Crippen molar-refractivity contribution >= 4 is 50.7 Å². The first-order chi connectivity index (χ1) is 17.4. The van der Waals surface area contributed by atoms with Gasteiger partial charge < -0.3 is 10.2 Å². The van der Waals surface area contributed by atoms with E-state index in [0.29, 0.717) is 34.3 Å². The van der Waals surface area contributed by atoms with Crippen molar-refractivity contribution in [3.05, 3.63) is 63.1 Å². The number of sulfonamides is 1. The van der Waals surface area contributed by atoms with Crippen LogP contribution in [0.3, 0.4) is 0 Å². The molecule has 0 bridgehead atoms. The van der Waals surface area contributed by atoms with Crippen molar-refractivity contribution in [2.45, 2.75) is 66.0 Å². The van der Waals surface area contributed by atoms with Crippen LogP contribution >= 0.6 is 23.2 Å². The number of anilines is 1. The number of carbonyl (C=O) groups excluding carboxylic acids is 2. The first-order valence-electron chi connectivity index (χ1n) is 12.5. The predicted octanol–water partition coefficient (Wildman–Crippen LogP) is 5.49. The molecule has 1 unspecified atom stereocenters. The molecule has 0 aliphatic heterocycles. The molecule has 1 atom stereocenters. The Bertz CT molecular complexity index is 1180. The van der Waals surface area contributed by atoms with Crippen LogP contribution in [-0.4, -0.2) is 50.5 Å². The summed E-state index contributed by atoms with van der Waals surface area (Å²) in [5.74, 6) is -0.516. The van der Waals surface area contributed by atoms with Crippen molar-refractivity contribution in [1.29, 1.82) is 0 Å². The van der Waals surface area contributed by atoms with Gasteiger partial charge in [0.05, 0.1) is 11.9 Å². The molecule has 2 amide bonds. The van der Waals surface area contributed by atoms with Gasteiger partial charge in [0.1, 0.15) is 6.04 Å². The molecule has 0 heterocycles. The van der Waals surface area contributed by atoms with E-state index < -0.39 is 16.1 Å². The number of rotatable bonds is 13. The molecule has 10 heteroatoms. The molecule has 2 aromatic carbocycles. The van der Waals surface area contributed by atoms with E-state index in [9.17, 15) is 18.0 Å². The summed E-state index contributed by atoms with van der Waals surface area (Å²) in [6.07, 6.45) is 2.66. The van der Waals surface area contributed by atoms with Gasteiger partial charge in [-0.3, -0.25) is 13.9 Å². The molecule has 7 nitrogen and oxygen atoms in total. The van der Waals surface area contributed by atoms with Gasteiger partial charge in [0.25, 0.3) is 0 Å². The van der Waals surface area contributed by atoms with E-state index >= 15 is 0 Å². The molecular formula is C27H37Cl2N3O4S. The summed E-state index contributed by atoms with van der Waals surface area (Å²) >= 11 is 12.8. The molecule has 2 rings (SSSR count). The van der Waals surface area contributed by atoms with Crippen molar-refractivity contribution in [3.63, 3.8) is 0 Å². The Kier molecular flexibility index (Phi) is 11.7. The molecule has 0 spiro atoms. The molecule has 0 saturated heterocycles. The van der Waals surface area contributed by atoms with Gasteiger partial charge in [-0.2, -0.15) is 0 Å². The highest BCUT2D eigenvalue weighted by Crippen LogP contribution is 2.28. The van der Waals surface area contributed by atoms with E-state index in [-0.39, 0.29) is 37.7 Å². The van der Waals surface area contributed by atoms with Gasteiger partial charge in [-0.15, -0.1) is 0 Å². The zero-order chi connectivity index (χ0) is 27.8. The number of amides is 2. The van der Waals surface area contributed by atoms with Crippen LogP contribution in [0.5, 0.6) is 0 Å². The molecule has 0 aliphatic rings. The Morgan fingerprint density at radius 3 is 2.27 bits per heavy atom. The fourth-order valence-corrected chi connectivity index (χ4v) is 5.64. The SMILES string of the molecule is CCCNC(=O)C(CC)N(Cc1c(Cl)cccc1Cl)C(=O)CCCN(c1cc(C)ccc1C)S(C)(=O)=O. The van der Waals surface area contributed by atoms with Crippen LogP contribution in [0.4, 0.5) is 5.69 Å². The Balaban J connectivity index is 2.29. The Morgan fingerprint density at radius 2 is 1.70 bits per heavy atom. The lowest BCUT2D eigenvalue weighted by Gasteiger charge is -2.31. The van der Waals surface area contributed by atoms with Crippen LogP contribution in [-0.2, 0) is 26.2 Å². The highest BCUT2D eigenvalue weighted by molar-refractivity contribution is 7.92. The minimum atomic E-state index is -3.57. The third-order valence-electron chi connectivity index (χ3n) is 6.11. The standard InChI is InChI=1S/C27H37Cl2N3O4S/c1-6-15-30-27(34)24(7-2)31(18-21-22(28)10-8-11-23(21)29)26(33)12-9-16-32(37(5,35)36)25-17-19(3)13-14-20(25)4/h8,10-11,13-14,17,24H,6-7,9,12,15-16,18H2,1-5H3,(H,30,34). The number of carbonyl (C=O) groups is 2. The Labute approximate surface area is 231 Å². The van der Waals surface area contributed by atoms with Gasteiger partial charge in [-0.1, -0.05) is 55.2 Å². The minimum Gasteiger partial charge on any atom is -0.354 e. The minimum absolute atomic E-state index is 0.0521. The summed E-state index contributed by atoms with van der Waals surface area (Å²) in [6, 6.07) is 10.0. The molecule has 0 aromatic heterocycles. The van der Waals surface area contributed by atoms with Crippen LogP contribution in [0.25, 0.3) is 0 Å². The largest absolute Gasteiger partial charge is 0.354 e. The topological polar surface area (TPSA) is 86.8 Å². The Morgan fingerprint density at radius 1 is 1.05 bits per heavy atom. The lowest BCUT2D eigenvalue weighted by atomic mass is 10.1. The van der Waals surface area contributed by atoms with Crippen LogP contribution in [0.2, 0.25) is 10.0 Å². The normalized spacial score (nSPS) is 12.2. The molecule has 204 valence electrons. The average molecular weight is 571 g/mol. The van der Waals surface area contributed by atoms with Gasteiger partial charge in [-0.25, -0.2) is 8.42 Å². The van der Waals surface area contributed by atoms with Crippen LogP contribution in [0, 0.1) is 13.8 Å². The van der Waals surface area contributed by atoms with E-state index in [0.717, 1.165) is 23.8 Å². The predicted molar refractivity (Wildman–Crippen MR) is 152 cm³/mol. The van der Waals surface area contributed by atoms with E-state index in [1.165, 1.54) is 9.21 Å². The summed E-state index contributed by atoms with van der Waals surface area (Å²) in [4.78, 5) is 28.0. The first-order valence-corrected chi connectivity index (χ1v) is 15.1. The summed E-state index contributed by atoms with van der Waals surface area (Å²) in [5.41, 5.74) is 2.93. The zero-order valence-electron chi connectivity index (χ0n) is 22.2. The van der Waals surface area contributed by atoms with E-state index in [1.54, 1.807) is 18.2 Å². The van der Waals surface area contributed by atoms with E-state index in [1.807, 2.05) is 45.9 Å². The molecule has 0 radical (unpaired) electrons. The van der Waals surface area contributed by atoms with Crippen molar-refractivity contribution in [2.24, 2.45) is 0 Å². The second-order valence-electron chi connectivity index (χ2n) is 9.17. The summed E-state index contributed by atoms with van der Waals surface area (Å²) in [5, 5.41) is 3.69. The number of benzene rings is 2. The maximum absolute atomic E-state index is 13.5. The highest BCUT2D eigenvalue weighted by Gasteiger charge is 2.30. The quantitative estimate of drug-likeness (QED) is 0.345. The van der Waals surface area contributed by atoms with Crippen molar-refractivity contribution in [2.75, 3.05) is 23.7 Å². The van der Waals surface area contributed by atoms with E-state index in [2.05, 4.69) is 5.32 Å².